The van der Waals surface area contributed by atoms with E-state index in [1.54, 1.807) is 42.5 Å². The Morgan fingerprint density at radius 1 is 0.842 bits per heavy atom. The summed E-state index contributed by atoms with van der Waals surface area (Å²) < 4.78 is 0. The van der Waals surface area contributed by atoms with Gasteiger partial charge in [-0.25, -0.2) is 0 Å². The van der Waals surface area contributed by atoms with Gasteiger partial charge in [-0.3, -0.25) is 4.79 Å². The van der Waals surface area contributed by atoms with Crippen molar-refractivity contribution in [2.24, 2.45) is 0 Å². The topological polar surface area (TPSA) is 17.1 Å². The highest BCUT2D eigenvalue weighted by Gasteiger charge is 2.00. The van der Waals surface area contributed by atoms with Gasteiger partial charge in [0, 0.05) is 15.6 Å². The quantitative estimate of drug-likeness (QED) is 0.554. The van der Waals surface area contributed by atoms with Gasteiger partial charge in [0.2, 0.25) is 0 Å². The molecule has 0 saturated heterocycles. The van der Waals surface area contributed by atoms with Crippen molar-refractivity contribution in [2.75, 3.05) is 0 Å². The third-order valence-corrected chi connectivity index (χ3v) is 2.93. The fraction of sp³-hybridized carbons (Fsp3) is 0. The summed E-state index contributed by atoms with van der Waals surface area (Å²) in [5.74, 6) is -0.0541. The summed E-state index contributed by atoms with van der Waals surface area (Å²) in [6, 6.07) is 14.1. The number of hydrogen-bond acceptors (Lipinski definition) is 1. The van der Waals surface area contributed by atoms with E-state index in [2.05, 4.69) is 0 Å². The van der Waals surface area contributed by atoms with Gasteiger partial charge in [-0.05, 0) is 48.0 Å². The van der Waals surface area contributed by atoms with E-state index in [9.17, 15) is 4.79 Å². The maximum absolute atomic E-state index is 11.8. The Labute approximate surface area is 128 Å². The molecule has 0 aliphatic carbocycles. The molecule has 4 heteroatoms. The van der Waals surface area contributed by atoms with E-state index < -0.39 is 0 Å². The van der Waals surface area contributed by atoms with Crippen LogP contribution in [-0.2, 0) is 0 Å². The molecular weight excluding hydrogens is 303 g/mol. The van der Waals surface area contributed by atoms with Gasteiger partial charge in [-0.15, -0.1) is 12.4 Å². The summed E-state index contributed by atoms with van der Waals surface area (Å²) in [4.78, 5) is 11.8. The second-order valence-corrected chi connectivity index (χ2v) is 4.63. The molecule has 0 aliphatic rings. The van der Waals surface area contributed by atoms with Crippen LogP contribution in [0, 0.1) is 0 Å². The molecular formula is C15H11Cl3O. The normalized spacial score (nSPS) is 10.2. The Morgan fingerprint density at radius 2 is 1.32 bits per heavy atom. The predicted molar refractivity (Wildman–Crippen MR) is 83.5 cm³/mol. The van der Waals surface area contributed by atoms with Gasteiger partial charge in [-0.1, -0.05) is 41.4 Å². The molecule has 0 bridgehead atoms. The van der Waals surface area contributed by atoms with E-state index in [0.29, 0.717) is 15.6 Å². The molecule has 0 aromatic heterocycles. The third-order valence-electron chi connectivity index (χ3n) is 2.43. The zero-order valence-electron chi connectivity index (χ0n) is 9.85. The Kier molecular flexibility index (Phi) is 6.10. The lowest BCUT2D eigenvalue weighted by atomic mass is 10.1. The lowest BCUT2D eigenvalue weighted by Gasteiger charge is -1.96. The number of allylic oxidation sites excluding steroid dienone is 1. The van der Waals surface area contributed by atoms with E-state index in [1.807, 2.05) is 12.1 Å². The number of ketones is 1. The summed E-state index contributed by atoms with van der Waals surface area (Å²) >= 11 is 11.5. The second-order valence-electron chi connectivity index (χ2n) is 3.76. The van der Waals surface area contributed by atoms with E-state index in [-0.39, 0.29) is 18.2 Å². The third kappa shape index (κ3) is 4.71. The van der Waals surface area contributed by atoms with Gasteiger partial charge in [0.25, 0.3) is 0 Å². The van der Waals surface area contributed by atoms with Crippen LogP contribution in [-0.4, -0.2) is 5.78 Å². The van der Waals surface area contributed by atoms with Crippen molar-refractivity contribution in [1.29, 1.82) is 0 Å². The molecule has 0 N–H and O–H groups in total. The summed E-state index contributed by atoms with van der Waals surface area (Å²) in [6.07, 6.45) is 3.29. The molecule has 0 radical (unpaired) electrons. The average molecular weight is 314 g/mol. The average Bonchev–Trinajstić information content (AvgIpc) is 2.38. The largest absolute Gasteiger partial charge is 0.289 e. The van der Waals surface area contributed by atoms with Crippen molar-refractivity contribution in [3.05, 3.63) is 75.8 Å². The molecule has 0 amide bonds. The van der Waals surface area contributed by atoms with Crippen LogP contribution in [0.2, 0.25) is 10.0 Å². The van der Waals surface area contributed by atoms with Crippen molar-refractivity contribution in [2.45, 2.75) is 0 Å². The highest BCUT2D eigenvalue weighted by molar-refractivity contribution is 6.31. The van der Waals surface area contributed by atoms with Gasteiger partial charge >= 0.3 is 0 Å². The zero-order chi connectivity index (χ0) is 13.0. The summed E-state index contributed by atoms with van der Waals surface area (Å²) in [7, 11) is 0. The van der Waals surface area contributed by atoms with Gasteiger partial charge in [0.15, 0.2) is 5.78 Å². The highest BCUT2D eigenvalue weighted by Crippen LogP contribution is 2.13. The highest BCUT2D eigenvalue weighted by atomic mass is 35.5. The number of hydrogen-bond donors (Lipinski definition) is 0. The van der Waals surface area contributed by atoms with Crippen molar-refractivity contribution in [1.82, 2.24) is 0 Å². The molecule has 19 heavy (non-hydrogen) atoms. The molecule has 98 valence electrons. The SMILES string of the molecule is Cl.O=C(/C=C/c1ccc(Cl)cc1)c1ccc(Cl)cc1. The van der Waals surface area contributed by atoms with E-state index in [0.717, 1.165) is 5.56 Å². The first-order valence-corrected chi connectivity index (χ1v) is 6.14. The van der Waals surface area contributed by atoms with Crippen molar-refractivity contribution in [3.63, 3.8) is 0 Å². The van der Waals surface area contributed by atoms with Gasteiger partial charge in [0.1, 0.15) is 0 Å². The van der Waals surface area contributed by atoms with Gasteiger partial charge in [0.05, 0.1) is 0 Å². The van der Waals surface area contributed by atoms with Crippen molar-refractivity contribution < 1.29 is 4.79 Å². The number of benzene rings is 2. The molecule has 0 fully saturated rings. The molecule has 1 nitrogen and oxygen atoms in total. The van der Waals surface area contributed by atoms with Gasteiger partial charge in [-0.2, -0.15) is 0 Å². The molecule has 0 aliphatic heterocycles. The van der Waals surface area contributed by atoms with Crippen LogP contribution in [0.5, 0.6) is 0 Å². The fourth-order valence-electron chi connectivity index (χ4n) is 1.46. The standard InChI is InChI=1S/C15H10Cl2O.ClH/c16-13-6-1-11(2-7-13)3-10-15(18)12-4-8-14(17)9-5-12;/h1-10H;1H/b10-3+;. The van der Waals surface area contributed by atoms with E-state index in [1.165, 1.54) is 6.08 Å². The molecule has 0 spiro atoms. The van der Waals surface area contributed by atoms with Crippen LogP contribution in [0.1, 0.15) is 15.9 Å². The summed E-state index contributed by atoms with van der Waals surface area (Å²) in [6.45, 7) is 0. The molecule has 2 aromatic carbocycles. The maximum Gasteiger partial charge on any atom is 0.185 e. The minimum Gasteiger partial charge on any atom is -0.289 e. The zero-order valence-corrected chi connectivity index (χ0v) is 12.2. The number of carbonyl (C=O) groups is 1. The molecule has 0 atom stereocenters. The fourth-order valence-corrected chi connectivity index (χ4v) is 1.71. The lowest BCUT2D eigenvalue weighted by molar-refractivity contribution is 0.104. The minimum absolute atomic E-state index is 0. The number of carbonyl (C=O) groups excluding carboxylic acids is 1. The molecule has 2 rings (SSSR count). The minimum atomic E-state index is -0.0541. The Bertz CT molecular complexity index is 571. The van der Waals surface area contributed by atoms with Crippen LogP contribution >= 0.6 is 35.6 Å². The Hall–Kier alpha value is -1.28. The Balaban J connectivity index is 0.00000180. The second kappa shape index (κ2) is 7.34. The molecule has 2 aromatic rings. The van der Waals surface area contributed by atoms with E-state index >= 15 is 0 Å². The monoisotopic (exact) mass is 312 g/mol. The number of rotatable bonds is 3. The first-order chi connectivity index (χ1) is 8.65. The number of halogens is 3. The van der Waals surface area contributed by atoms with Gasteiger partial charge < -0.3 is 0 Å². The van der Waals surface area contributed by atoms with Crippen LogP contribution in [0.3, 0.4) is 0 Å². The lowest BCUT2D eigenvalue weighted by Crippen LogP contribution is -1.92. The molecule has 0 heterocycles. The van der Waals surface area contributed by atoms with Crippen molar-refractivity contribution in [3.8, 4) is 0 Å². The van der Waals surface area contributed by atoms with E-state index in [4.69, 9.17) is 23.2 Å². The molecule has 0 saturated carbocycles. The molecule has 0 unspecified atom stereocenters. The van der Waals surface area contributed by atoms with Crippen LogP contribution in [0.15, 0.2) is 54.6 Å². The first kappa shape index (κ1) is 15.8. The first-order valence-electron chi connectivity index (χ1n) is 5.39. The Morgan fingerprint density at radius 3 is 1.84 bits per heavy atom. The van der Waals surface area contributed by atoms with Crippen LogP contribution in [0.4, 0.5) is 0 Å². The smallest absolute Gasteiger partial charge is 0.185 e. The van der Waals surface area contributed by atoms with Crippen LogP contribution in [0.25, 0.3) is 6.08 Å². The van der Waals surface area contributed by atoms with Crippen molar-refractivity contribution >= 4 is 47.5 Å². The van der Waals surface area contributed by atoms with Crippen LogP contribution < -0.4 is 0 Å². The maximum atomic E-state index is 11.8. The summed E-state index contributed by atoms with van der Waals surface area (Å²) in [5, 5.41) is 1.30. The predicted octanol–water partition coefficient (Wildman–Crippen LogP) is 5.31. The summed E-state index contributed by atoms with van der Waals surface area (Å²) in [5.41, 5.74) is 1.55.